The van der Waals surface area contributed by atoms with Gasteiger partial charge in [-0.2, -0.15) is 0 Å². The van der Waals surface area contributed by atoms with Crippen LogP contribution in [0.4, 0.5) is 9.93 Å². The molecule has 144 valence electrons. The van der Waals surface area contributed by atoms with Gasteiger partial charge in [0.15, 0.2) is 5.13 Å². The van der Waals surface area contributed by atoms with Gasteiger partial charge in [0.25, 0.3) is 0 Å². The number of urea groups is 1. The van der Waals surface area contributed by atoms with Gasteiger partial charge in [-0.1, -0.05) is 6.42 Å². The van der Waals surface area contributed by atoms with Gasteiger partial charge in [-0.25, -0.2) is 9.78 Å². The Morgan fingerprint density at radius 2 is 1.92 bits per heavy atom. The fourth-order valence-electron chi connectivity index (χ4n) is 3.64. The minimum atomic E-state index is -0.125. The topological polar surface area (TPSA) is 77.6 Å². The van der Waals surface area contributed by atoms with Crippen molar-refractivity contribution in [3.63, 3.8) is 0 Å². The summed E-state index contributed by atoms with van der Waals surface area (Å²) in [5.41, 5.74) is 0. The van der Waals surface area contributed by atoms with Crippen molar-refractivity contribution >= 4 is 28.4 Å². The Morgan fingerprint density at radius 1 is 1.15 bits per heavy atom. The molecule has 3 heterocycles. The molecule has 2 saturated heterocycles. The molecule has 0 unspecified atom stereocenters. The van der Waals surface area contributed by atoms with Gasteiger partial charge < -0.3 is 15.1 Å². The highest BCUT2D eigenvalue weighted by molar-refractivity contribution is 7.13. The van der Waals surface area contributed by atoms with Crippen molar-refractivity contribution in [1.29, 1.82) is 0 Å². The Hall–Kier alpha value is -1.67. The van der Waals surface area contributed by atoms with E-state index in [1.807, 2.05) is 5.38 Å². The van der Waals surface area contributed by atoms with Gasteiger partial charge in [-0.05, 0) is 51.7 Å². The minimum absolute atomic E-state index is 0.0221. The molecule has 0 aliphatic carbocycles. The van der Waals surface area contributed by atoms with Gasteiger partial charge in [-0.3, -0.25) is 10.1 Å². The van der Waals surface area contributed by atoms with E-state index in [2.05, 4.69) is 20.5 Å². The summed E-state index contributed by atoms with van der Waals surface area (Å²) in [5.74, 6) is 0.164. The molecule has 26 heavy (non-hydrogen) atoms. The number of rotatable bonds is 6. The van der Waals surface area contributed by atoms with E-state index in [9.17, 15) is 9.59 Å². The van der Waals surface area contributed by atoms with Gasteiger partial charge in [0, 0.05) is 37.1 Å². The first-order chi connectivity index (χ1) is 12.7. The van der Waals surface area contributed by atoms with Gasteiger partial charge in [0.05, 0.1) is 0 Å². The second kappa shape index (κ2) is 9.87. The van der Waals surface area contributed by atoms with Crippen molar-refractivity contribution in [1.82, 2.24) is 20.1 Å². The standard InChI is InChI=1S/C18H29N5O2S/c24-16(19-7-4-11-22-9-2-1-3-10-22)15-5-12-23(13-6-15)18(25)21-17-20-8-14-26-17/h8,14-15H,1-7,9-13H2,(H,19,24)(H,20,21,25). The quantitative estimate of drug-likeness (QED) is 0.744. The maximum absolute atomic E-state index is 12.3. The first-order valence-electron chi connectivity index (χ1n) is 9.68. The summed E-state index contributed by atoms with van der Waals surface area (Å²) < 4.78 is 0. The summed E-state index contributed by atoms with van der Waals surface area (Å²) in [6.45, 7) is 5.47. The molecule has 1 aromatic heterocycles. The van der Waals surface area contributed by atoms with Crippen LogP contribution in [0.25, 0.3) is 0 Å². The highest BCUT2D eigenvalue weighted by atomic mass is 32.1. The molecule has 0 bridgehead atoms. The van der Waals surface area contributed by atoms with Gasteiger partial charge in [-0.15, -0.1) is 11.3 Å². The number of thiazole rings is 1. The lowest BCUT2D eigenvalue weighted by Gasteiger charge is -2.31. The van der Waals surface area contributed by atoms with Crippen LogP contribution in [0.15, 0.2) is 11.6 Å². The molecule has 2 aliphatic rings. The molecular weight excluding hydrogens is 350 g/mol. The average molecular weight is 380 g/mol. The number of hydrogen-bond donors (Lipinski definition) is 2. The molecule has 0 saturated carbocycles. The Labute approximate surface area is 159 Å². The van der Waals surface area contributed by atoms with Crippen molar-refractivity contribution in [2.24, 2.45) is 5.92 Å². The summed E-state index contributed by atoms with van der Waals surface area (Å²) in [6.07, 6.45) is 8.10. The van der Waals surface area contributed by atoms with Crippen LogP contribution in [0.1, 0.15) is 38.5 Å². The fraction of sp³-hybridized carbons (Fsp3) is 0.722. The number of aromatic nitrogens is 1. The van der Waals surface area contributed by atoms with E-state index >= 15 is 0 Å². The predicted octanol–water partition coefficient (Wildman–Crippen LogP) is 2.38. The summed E-state index contributed by atoms with van der Waals surface area (Å²) in [7, 11) is 0. The molecule has 7 nitrogen and oxygen atoms in total. The molecule has 3 rings (SSSR count). The molecule has 2 fully saturated rings. The van der Waals surface area contributed by atoms with E-state index in [0.29, 0.717) is 18.2 Å². The molecule has 2 N–H and O–H groups in total. The van der Waals surface area contributed by atoms with Crippen LogP contribution in [-0.4, -0.2) is 66.0 Å². The predicted molar refractivity (Wildman–Crippen MR) is 103 cm³/mol. The molecular formula is C18H29N5O2S. The van der Waals surface area contributed by atoms with E-state index < -0.39 is 0 Å². The molecule has 0 radical (unpaired) electrons. The van der Waals surface area contributed by atoms with Crippen LogP contribution in [0.2, 0.25) is 0 Å². The van der Waals surface area contributed by atoms with Crippen LogP contribution in [0, 0.1) is 5.92 Å². The molecule has 3 amide bonds. The van der Waals surface area contributed by atoms with Crippen molar-refractivity contribution in [3.8, 4) is 0 Å². The number of hydrogen-bond acceptors (Lipinski definition) is 5. The molecule has 1 aromatic rings. The van der Waals surface area contributed by atoms with Crippen LogP contribution in [0.3, 0.4) is 0 Å². The second-order valence-electron chi connectivity index (χ2n) is 7.08. The number of nitrogens with one attached hydrogen (secondary N) is 2. The maximum atomic E-state index is 12.3. The van der Waals surface area contributed by atoms with E-state index in [1.54, 1.807) is 11.1 Å². The third-order valence-corrected chi connectivity index (χ3v) is 5.89. The van der Waals surface area contributed by atoms with Crippen molar-refractivity contribution < 1.29 is 9.59 Å². The highest BCUT2D eigenvalue weighted by Gasteiger charge is 2.27. The number of piperidine rings is 2. The lowest BCUT2D eigenvalue weighted by Crippen LogP contribution is -2.44. The summed E-state index contributed by atoms with van der Waals surface area (Å²) in [6, 6.07) is -0.125. The Morgan fingerprint density at radius 3 is 2.62 bits per heavy atom. The lowest BCUT2D eigenvalue weighted by molar-refractivity contribution is -0.126. The van der Waals surface area contributed by atoms with E-state index in [0.717, 1.165) is 32.4 Å². The van der Waals surface area contributed by atoms with E-state index in [-0.39, 0.29) is 17.9 Å². The first kappa shape index (κ1) is 19.1. The largest absolute Gasteiger partial charge is 0.356 e. The molecule has 8 heteroatoms. The molecule has 0 spiro atoms. The highest BCUT2D eigenvalue weighted by Crippen LogP contribution is 2.19. The van der Waals surface area contributed by atoms with E-state index in [1.165, 1.54) is 43.7 Å². The number of likely N-dealkylation sites (tertiary alicyclic amines) is 2. The summed E-state index contributed by atoms with van der Waals surface area (Å²) in [5, 5.41) is 8.32. The Kier molecular flexibility index (Phi) is 7.25. The zero-order valence-electron chi connectivity index (χ0n) is 15.3. The number of carbonyl (C=O) groups excluding carboxylic acids is 2. The SMILES string of the molecule is O=C(NCCCN1CCCCC1)C1CCN(C(=O)Nc2nccs2)CC1. The number of nitrogens with zero attached hydrogens (tertiary/aromatic N) is 3. The zero-order chi connectivity index (χ0) is 18.2. The molecule has 0 aromatic carbocycles. The van der Waals surface area contributed by atoms with Crippen LogP contribution in [-0.2, 0) is 4.79 Å². The summed E-state index contributed by atoms with van der Waals surface area (Å²) in [4.78, 5) is 32.8. The third-order valence-electron chi connectivity index (χ3n) is 5.20. The van der Waals surface area contributed by atoms with Crippen molar-refractivity contribution in [3.05, 3.63) is 11.6 Å². The zero-order valence-corrected chi connectivity index (χ0v) is 16.1. The van der Waals surface area contributed by atoms with Crippen LogP contribution >= 0.6 is 11.3 Å². The summed E-state index contributed by atoms with van der Waals surface area (Å²) >= 11 is 1.40. The van der Waals surface area contributed by atoms with Crippen LogP contribution in [0.5, 0.6) is 0 Å². The lowest BCUT2D eigenvalue weighted by atomic mass is 9.96. The minimum Gasteiger partial charge on any atom is -0.356 e. The molecule has 0 atom stereocenters. The number of carbonyl (C=O) groups is 2. The van der Waals surface area contributed by atoms with Crippen molar-refractivity contribution in [2.45, 2.75) is 38.5 Å². The smallest absolute Gasteiger partial charge is 0.323 e. The second-order valence-corrected chi connectivity index (χ2v) is 7.97. The van der Waals surface area contributed by atoms with Gasteiger partial charge >= 0.3 is 6.03 Å². The van der Waals surface area contributed by atoms with Gasteiger partial charge in [0.1, 0.15) is 0 Å². The fourth-order valence-corrected chi connectivity index (χ4v) is 4.16. The van der Waals surface area contributed by atoms with Crippen LogP contribution < -0.4 is 10.6 Å². The van der Waals surface area contributed by atoms with E-state index in [4.69, 9.17) is 0 Å². The average Bonchev–Trinajstić information content (AvgIpc) is 3.19. The molecule has 2 aliphatic heterocycles. The number of anilines is 1. The Balaban J connectivity index is 1.29. The Bertz CT molecular complexity index is 566. The third kappa shape index (κ3) is 5.67. The van der Waals surface area contributed by atoms with Crippen molar-refractivity contribution in [2.75, 3.05) is 44.6 Å². The monoisotopic (exact) mass is 379 g/mol. The number of amides is 3. The first-order valence-corrected chi connectivity index (χ1v) is 10.6. The van der Waals surface area contributed by atoms with Gasteiger partial charge in [0.2, 0.25) is 5.91 Å². The maximum Gasteiger partial charge on any atom is 0.323 e. The normalized spacial score (nSPS) is 19.3.